The van der Waals surface area contributed by atoms with Crippen molar-refractivity contribution in [1.82, 2.24) is 15.1 Å². The first-order chi connectivity index (χ1) is 10.2. The van der Waals surface area contributed by atoms with Crippen LogP contribution in [0, 0.1) is 0 Å². The van der Waals surface area contributed by atoms with Crippen molar-refractivity contribution < 1.29 is 4.74 Å². The summed E-state index contributed by atoms with van der Waals surface area (Å²) in [7, 11) is 2.20. The van der Waals surface area contributed by atoms with Gasteiger partial charge in [0.15, 0.2) is 0 Å². The van der Waals surface area contributed by atoms with Gasteiger partial charge in [0.25, 0.3) is 0 Å². The summed E-state index contributed by atoms with van der Waals surface area (Å²) in [6.45, 7) is 7.73. The summed E-state index contributed by atoms with van der Waals surface area (Å²) in [5.74, 6) is 1.03. The molecule has 0 bridgehead atoms. The lowest BCUT2D eigenvalue weighted by molar-refractivity contribution is 0.152. The average molecular weight is 354 g/mol. The molecule has 116 valence electrons. The van der Waals surface area contributed by atoms with Crippen molar-refractivity contribution in [1.29, 1.82) is 0 Å². The van der Waals surface area contributed by atoms with E-state index in [2.05, 4.69) is 50.2 Å². The third kappa shape index (κ3) is 3.97. The van der Waals surface area contributed by atoms with Crippen LogP contribution < -0.4 is 10.1 Å². The van der Waals surface area contributed by atoms with Crippen molar-refractivity contribution in [2.75, 3.05) is 52.9 Å². The van der Waals surface area contributed by atoms with Gasteiger partial charge >= 0.3 is 0 Å². The molecule has 0 radical (unpaired) electrons. The third-order valence-corrected chi connectivity index (χ3v) is 4.92. The van der Waals surface area contributed by atoms with Crippen LogP contribution >= 0.6 is 15.9 Å². The molecule has 0 aliphatic carbocycles. The molecule has 1 aromatic rings. The highest BCUT2D eigenvalue weighted by Crippen LogP contribution is 2.33. The van der Waals surface area contributed by atoms with Crippen LogP contribution in [0.25, 0.3) is 0 Å². The highest BCUT2D eigenvalue weighted by atomic mass is 79.9. The Hall–Kier alpha value is -0.620. The molecule has 1 N–H and O–H groups in total. The Kier molecular flexibility index (Phi) is 5.16. The van der Waals surface area contributed by atoms with Crippen molar-refractivity contribution in [3.05, 3.63) is 28.2 Å². The molecule has 21 heavy (non-hydrogen) atoms. The molecule has 1 fully saturated rings. The molecule has 2 aliphatic heterocycles. The van der Waals surface area contributed by atoms with Crippen molar-refractivity contribution in [3.63, 3.8) is 0 Å². The van der Waals surface area contributed by atoms with Gasteiger partial charge in [-0.1, -0.05) is 15.9 Å². The number of nitrogens with zero attached hydrogens (tertiary/aromatic N) is 2. The number of hydrogen-bond donors (Lipinski definition) is 1. The van der Waals surface area contributed by atoms with E-state index in [4.69, 9.17) is 4.74 Å². The van der Waals surface area contributed by atoms with Gasteiger partial charge in [-0.3, -0.25) is 4.90 Å². The Bertz CT molecular complexity index is 475. The number of fused-ring (bicyclic) bond motifs is 1. The third-order valence-electron chi connectivity index (χ3n) is 4.43. The summed E-state index contributed by atoms with van der Waals surface area (Å²) in [4.78, 5) is 4.95. The molecular formula is C16H24BrN3O. The molecule has 2 heterocycles. The second kappa shape index (κ2) is 7.09. The minimum Gasteiger partial charge on any atom is -0.493 e. The van der Waals surface area contributed by atoms with Crippen LogP contribution in [-0.4, -0.2) is 62.7 Å². The minimum absolute atomic E-state index is 0.415. The van der Waals surface area contributed by atoms with E-state index in [1.807, 2.05) is 6.07 Å². The maximum atomic E-state index is 5.74. The smallest absolute Gasteiger partial charge is 0.124 e. The first-order valence-corrected chi connectivity index (χ1v) is 8.58. The van der Waals surface area contributed by atoms with E-state index in [1.54, 1.807) is 0 Å². The number of piperazine rings is 1. The molecule has 4 nitrogen and oxygen atoms in total. The lowest BCUT2D eigenvalue weighted by atomic mass is 10.0. The van der Waals surface area contributed by atoms with Gasteiger partial charge in [-0.25, -0.2) is 0 Å². The fraction of sp³-hybridized carbons (Fsp3) is 0.625. The zero-order valence-corrected chi connectivity index (χ0v) is 14.2. The standard InChI is InChI=1S/C16H24BrN3O/c1-19-7-9-20(10-8-19)6-5-18-15-4-11-21-16-3-2-13(17)12-14(15)16/h2-3,12,15,18H,4-11H2,1H3. The van der Waals surface area contributed by atoms with Gasteiger partial charge in [0.05, 0.1) is 6.61 Å². The molecular weight excluding hydrogens is 330 g/mol. The van der Waals surface area contributed by atoms with Gasteiger partial charge in [0.1, 0.15) is 5.75 Å². The highest BCUT2D eigenvalue weighted by molar-refractivity contribution is 9.10. The van der Waals surface area contributed by atoms with Crippen LogP contribution in [0.15, 0.2) is 22.7 Å². The number of halogens is 1. The lowest BCUT2D eigenvalue weighted by Gasteiger charge is -2.33. The fourth-order valence-electron chi connectivity index (χ4n) is 3.05. The van der Waals surface area contributed by atoms with Crippen LogP contribution in [0.3, 0.4) is 0 Å². The SMILES string of the molecule is CN1CCN(CCNC2CCOc3ccc(Br)cc32)CC1. The van der Waals surface area contributed by atoms with Crippen LogP contribution in [0.5, 0.6) is 5.75 Å². The number of nitrogens with one attached hydrogen (secondary N) is 1. The molecule has 0 spiro atoms. The van der Waals surface area contributed by atoms with Gasteiger partial charge in [-0.05, 0) is 25.2 Å². The second-order valence-corrected chi connectivity index (χ2v) is 6.89. The highest BCUT2D eigenvalue weighted by Gasteiger charge is 2.21. The van der Waals surface area contributed by atoms with E-state index < -0.39 is 0 Å². The summed E-state index contributed by atoms with van der Waals surface area (Å²) in [5.41, 5.74) is 1.29. The van der Waals surface area contributed by atoms with Crippen LogP contribution in [0.2, 0.25) is 0 Å². The summed E-state index contributed by atoms with van der Waals surface area (Å²) < 4.78 is 6.86. The van der Waals surface area contributed by atoms with Crippen molar-refractivity contribution in [2.24, 2.45) is 0 Å². The lowest BCUT2D eigenvalue weighted by Crippen LogP contribution is -2.46. The Morgan fingerprint density at radius 1 is 1.29 bits per heavy atom. The number of rotatable bonds is 4. The van der Waals surface area contributed by atoms with Gasteiger partial charge in [0.2, 0.25) is 0 Å². The van der Waals surface area contributed by atoms with Crippen molar-refractivity contribution >= 4 is 15.9 Å². The van der Waals surface area contributed by atoms with E-state index >= 15 is 0 Å². The molecule has 1 atom stereocenters. The van der Waals surface area contributed by atoms with Gasteiger partial charge in [-0.15, -0.1) is 0 Å². The average Bonchev–Trinajstić information content (AvgIpc) is 2.50. The van der Waals surface area contributed by atoms with Crippen molar-refractivity contribution in [2.45, 2.75) is 12.5 Å². The summed E-state index contributed by atoms with van der Waals surface area (Å²) in [6.07, 6.45) is 1.05. The predicted molar refractivity (Wildman–Crippen MR) is 88.9 cm³/mol. The topological polar surface area (TPSA) is 27.7 Å². The second-order valence-electron chi connectivity index (χ2n) is 5.97. The minimum atomic E-state index is 0.415. The monoisotopic (exact) mass is 353 g/mol. The largest absolute Gasteiger partial charge is 0.493 e. The summed E-state index contributed by atoms with van der Waals surface area (Å²) >= 11 is 3.56. The normalized spacial score (nSPS) is 23.6. The quantitative estimate of drug-likeness (QED) is 0.897. The Morgan fingerprint density at radius 3 is 2.90 bits per heavy atom. The molecule has 5 heteroatoms. The zero-order valence-electron chi connectivity index (χ0n) is 12.6. The zero-order chi connectivity index (χ0) is 14.7. The Morgan fingerprint density at radius 2 is 2.10 bits per heavy atom. The van der Waals surface area contributed by atoms with E-state index in [0.717, 1.165) is 36.3 Å². The maximum absolute atomic E-state index is 5.74. The molecule has 0 aromatic heterocycles. The molecule has 1 unspecified atom stereocenters. The molecule has 1 saturated heterocycles. The maximum Gasteiger partial charge on any atom is 0.124 e. The van der Waals surface area contributed by atoms with Crippen LogP contribution in [-0.2, 0) is 0 Å². The van der Waals surface area contributed by atoms with Crippen LogP contribution in [0.1, 0.15) is 18.0 Å². The number of hydrogen-bond acceptors (Lipinski definition) is 4. The van der Waals surface area contributed by atoms with Crippen molar-refractivity contribution in [3.8, 4) is 5.75 Å². The molecule has 3 rings (SSSR count). The van der Waals surface area contributed by atoms with Crippen LogP contribution in [0.4, 0.5) is 0 Å². The molecule has 0 saturated carbocycles. The summed E-state index contributed by atoms with van der Waals surface area (Å²) in [6, 6.07) is 6.71. The van der Waals surface area contributed by atoms with Gasteiger partial charge in [0, 0.05) is 61.8 Å². The Labute approximate surface area is 135 Å². The van der Waals surface area contributed by atoms with E-state index in [1.165, 1.54) is 31.7 Å². The first-order valence-electron chi connectivity index (χ1n) is 7.79. The number of benzene rings is 1. The number of ether oxygens (including phenoxy) is 1. The van der Waals surface area contributed by atoms with E-state index in [-0.39, 0.29) is 0 Å². The van der Waals surface area contributed by atoms with Gasteiger partial charge < -0.3 is 15.0 Å². The molecule has 1 aromatic carbocycles. The first kappa shape index (κ1) is 15.3. The predicted octanol–water partition coefficient (Wildman–Crippen LogP) is 2.11. The van der Waals surface area contributed by atoms with E-state index in [0.29, 0.717) is 6.04 Å². The number of likely N-dealkylation sites (N-methyl/N-ethyl adjacent to an activating group) is 1. The van der Waals surface area contributed by atoms with E-state index in [9.17, 15) is 0 Å². The Balaban J connectivity index is 1.51. The van der Waals surface area contributed by atoms with Gasteiger partial charge in [-0.2, -0.15) is 0 Å². The molecule has 0 amide bonds. The molecule has 2 aliphatic rings. The fourth-order valence-corrected chi connectivity index (χ4v) is 3.42. The summed E-state index contributed by atoms with van der Waals surface area (Å²) in [5, 5.41) is 3.71.